The van der Waals surface area contributed by atoms with Crippen LogP contribution in [0.5, 0.6) is 17.2 Å². The second-order valence-electron chi connectivity index (χ2n) is 11.1. The quantitative estimate of drug-likeness (QED) is 0.144. The van der Waals surface area contributed by atoms with Crippen molar-refractivity contribution in [1.82, 2.24) is 0 Å². The molecule has 5 rings (SSSR count). The maximum atomic E-state index is 11.4. The molecule has 2 aromatic rings. The SMILES string of the molecule is Cc1c(O[C@@H]2O[C@H](CO)[C@@H](O)[C@H](O)[C@H]2O)c(CO)c(O[C@@H]2O[C@H](CO)[C@@H](O)[C@H](O)[C@H]2O)c2c1OC(c1ccccc1)CC2O. The first-order chi connectivity index (χ1) is 21.0. The van der Waals surface area contributed by atoms with Gasteiger partial charge < -0.3 is 74.7 Å². The predicted octanol–water partition coefficient (Wildman–Crippen LogP) is -2.60. The highest BCUT2D eigenvalue weighted by Gasteiger charge is 2.48. The number of fused-ring (bicyclic) bond motifs is 1. The first kappa shape index (κ1) is 32.7. The lowest BCUT2D eigenvalue weighted by Gasteiger charge is -2.42. The number of hydrogen-bond donors (Lipinski definition) is 10. The molecule has 2 aromatic carbocycles. The molecule has 0 saturated carbocycles. The van der Waals surface area contributed by atoms with Crippen molar-refractivity contribution in [3.05, 3.63) is 52.6 Å². The zero-order chi connectivity index (χ0) is 31.9. The third-order valence-electron chi connectivity index (χ3n) is 8.24. The summed E-state index contributed by atoms with van der Waals surface area (Å²) < 4.78 is 29.3. The molecule has 0 bridgehead atoms. The molecule has 0 spiro atoms. The van der Waals surface area contributed by atoms with Crippen molar-refractivity contribution in [2.24, 2.45) is 0 Å². The third-order valence-corrected chi connectivity index (χ3v) is 8.24. The summed E-state index contributed by atoms with van der Waals surface area (Å²) in [5.41, 5.74) is 0.838. The Morgan fingerprint density at radius 2 is 1.23 bits per heavy atom. The number of hydrogen-bond acceptors (Lipinski definition) is 15. The van der Waals surface area contributed by atoms with Crippen molar-refractivity contribution < 1.29 is 74.7 Å². The molecule has 3 aliphatic heterocycles. The van der Waals surface area contributed by atoms with E-state index in [0.717, 1.165) is 5.56 Å². The number of ether oxygens (including phenoxy) is 5. The van der Waals surface area contributed by atoms with Gasteiger partial charge in [-0.05, 0) is 12.5 Å². The summed E-state index contributed by atoms with van der Waals surface area (Å²) in [5, 5.41) is 104. The van der Waals surface area contributed by atoms with Crippen molar-refractivity contribution in [2.75, 3.05) is 13.2 Å². The molecule has 12 atom stereocenters. The first-order valence-corrected chi connectivity index (χ1v) is 14.2. The first-order valence-electron chi connectivity index (χ1n) is 14.2. The van der Waals surface area contributed by atoms with Crippen molar-refractivity contribution in [3.8, 4) is 17.2 Å². The molecule has 2 fully saturated rings. The minimum absolute atomic E-state index is 0.0387. The summed E-state index contributed by atoms with van der Waals surface area (Å²) in [7, 11) is 0. The number of benzene rings is 2. The molecule has 44 heavy (non-hydrogen) atoms. The molecule has 244 valence electrons. The molecular formula is C29H38O15. The Labute approximate surface area is 251 Å². The van der Waals surface area contributed by atoms with Crippen LogP contribution in [0, 0.1) is 6.92 Å². The van der Waals surface area contributed by atoms with Crippen LogP contribution < -0.4 is 14.2 Å². The predicted molar refractivity (Wildman–Crippen MR) is 145 cm³/mol. The Hall–Kier alpha value is -2.64. The molecule has 0 radical (unpaired) electrons. The molecule has 2 unspecified atom stereocenters. The minimum atomic E-state index is -1.84. The van der Waals surface area contributed by atoms with Gasteiger partial charge in [0.1, 0.15) is 72.2 Å². The zero-order valence-electron chi connectivity index (χ0n) is 23.7. The Kier molecular flexibility index (Phi) is 9.96. The smallest absolute Gasteiger partial charge is 0.229 e. The van der Waals surface area contributed by atoms with E-state index in [0.29, 0.717) is 0 Å². The van der Waals surface area contributed by atoms with Gasteiger partial charge in [0.2, 0.25) is 12.6 Å². The van der Waals surface area contributed by atoms with E-state index in [9.17, 15) is 51.1 Å². The molecule has 0 aliphatic carbocycles. The van der Waals surface area contributed by atoms with Crippen molar-refractivity contribution in [1.29, 1.82) is 0 Å². The van der Waals surface area contributed by atoms with Gasteiger partial charge in [-0.3, -0.25) is 0 Å². The fourth-order valence-corrected chi connectivity index (χ4v) is 5.74. The summed E-state index contributed by atoms with van der Waals surface area (Å²) >= 11 is 0. The highest BCUT2D eigenvalue weighted by atomic mass is 16.7. The average Bonchev–Trinajstić information content (AvgIpc) is 3.03. The van der Waals surface area contributed by atoms with Gasteiger partial charge in [0.25, 0.3) is 0 Å². The van der Waals surface area contributed by atoms with Crippen LogP contribution in [-0.4, -0.2) is 126 Å². The van der Waals surface area contributed by atoms with Crippen LogP contribution in [0.1, 0.15) is 40.9 Å². The van der Waals surface area contributed by atoms with E-state index in [-0.39, 0.29) is 40.4 Å². The lowest BCUT2D eigenvalue weighted by molar-refractivity contribution is -0.279. The normalized spacial score (nSPS) is 37.2. The van der Waals surface area contributed by atoms with Gasteiger partial charge in [-0.2, -0.15) is 0 Å². The lowest BCUT2D eigenvalue weighted by Crippen LogP contribution is -2.60. The van der Waals surface area contributed by atoms with Gasteiger partial charge in [-0.15, -0.1) is 0 Å². The molecule has 10 N–H and O–H groups in total. The van der Waals surface area contributed by atoms with E-state index >= 15 is 0 Å². The Morgan fingerprint density at radius 1 is 0.705 bits per heavy atom. The maximum Gasteiger partial charge on any atom is 0.229 e. The largest absolute Gasteiger partial charge is 0.485 e. The Morgan fingerprint density at radius 3 is 1.73 bits per heavy atom. The summed E-state index contributed by atoms with van der Waals surface area (Å²) in [5.74, 6) is -0.416. The van der Waals surface area contributed by atoms with E-state index in [4.69, 9.17) is 23.7 Å². The topological polar surface area (TPSA) is 248 Å². The standard InChI is InChI=1S/C29H38O15/c1-11-25(43-28-23(38)21(36)19(34)16(9-31)41-28)13(8-30)27(44-29-24(39)22(37)20(35)17(10-32)42-29)18-14(33)7-15(40-26(11)18)12-5-3-2-4-6-12/h2-6,14-17,19-24,28-39H,7-10H2,1H3/t14?,15?,16-,17-,19-,20-,21+,22+,23-,24-,28+,29+/m1/s1. The fraction of sp³-hybridized carbons (Fsp3) is 0.586. The van der Waals surface area contributed by atoms with E-state index in [1.165, 1.54) is 6.92 Å². The third kappa shape index (κ3) is 5.87. The Balaban J connectivity index is 1.62. The Bertz CT molecular complexity index is 1270. The fourth-order valence-electron chi connectivity index (χ4n) is 5.74. The monoisotopic (exact) mass is 626 g/mol. The van der Waals surface area contributed by atoms with Crippen molar-refractivity contribution in [2.45, 2.75) is 93.6 Å². The van der Waals surface area contributed by atoms with Crippen molar-refractivity contribution in [3.63, 3.8) is 0 Å². The summed E-state index contributed by atoms with van der Waals surface area (Å²) in [6, 6.07) is 9.01. The summed E-state index contributed by atoms with van der Waals surface area (Å²) in [6.45, 7) is -0.739. The molecule has 2 saturated heterocycles. The van der Waals surface area contributed by atoms with Crippen LogP contribution in [0.3, 0.4) is 0 Å². The lowest BCUT2D eigenvalue weighted by atomic mass is 9.90. The summed E-state index contributed by atoms with van der Waals surface area (Å²) in [6.07, 6.45) is -18.5. The number of aliphatic hydroxyl groups excluding tert-OH is 10. The van der Waals surface area contributed by atoms with Crippen LogP contribution >= 0.6 is 0 Å². The highest BCUT2D eigenvalue weighted by Crippen LogP contribution is 2.53. The van der Waals surface area contributed by atoms with Gasteiger partial charge in [-0.25, -0.2) is 0 Å². The summed E-state index contributed by atoms with van der Waals surface area (Å²) in [4.78, 5) is 0. The van der Waals surface area contributed by atoms with Gasteiger partial charge in [-0.1, -0.05) is 30.3 Å². The van der Waals surface area contributed by atoms with Gasteiger partial charge in [0.05, 0.1) is 37.1 Å². The van der Waals surface area contributed by atoms with Gasteiger partial charge in [0.15, 0.2) is 0 Å². The minimum Gasteiger partial charge on any atom is -0.485 e. The highest BCUT2D eigenvalue weighted by molar-refractivity contribution is 5.64. The van der Waals surface area contributed by atoms with Gasteiger partial charge >= 0.3 is 0 Å². The molecule has 3 aliphatic rings. The molecule has 15 heteroatoms. The van der Waals surface area contributed by atoms with Crippen LogP contribution in [-0.2, 0) is 16.1 Å². The van der Waals surface area contributed by atoms with Crippen LogP contribution in [0.25, 0.3) is 0 Å². The van der Waals surface area contributed by atoms with Gasteiger partial charge in [0, 0.05) is 12.0 Å². The maximum absolute atomic E-state index is 11.4. The van der Waals surface area contributed by atoms with E-state index < -0.39 is 93.4 Å². The van der Waals surface area contributed by atoms with E-state index in [2.05, 4.69) is 0 Å². The van der Waals surface area contributed by atoms with Crippen LogP contribution in [0.15, 0.2) is 30.3 Å². The molecular weight excluding hydrogens is 588 g/mol. The zero-order valence-corrected chi connectivity index (χ0v) is 23.7. The van der Waals surface area contributed by atoms with Crippen LogP contribution in [0.4, 0.5) is 0 Å². The van der Waals surface area contributed by atoms with E-state index in [1.54, 1.807) is 24.3 Å². The van der Waals surface area contributed by atoms with Crippen molar-refractivity contribution >= 4 is 0 Å². The van der Waals surface area contributed by atoms with E-state index in [1.807, 2.05) is 6.07 Å². The molecule has 0 aromatic heterocycles. The molecule has 0 amide bonds. The van der Waals surface area contributed by atoms with Crippen LogP contribution in [0.2, 0.25) is 0 Å². The number of rotatable bonds is 8. The molecule has 15 nitrogen and oxygen atoms in total. The number of aliphatic hydroxyl groups is 10. The second-order valence-corrected chi connectivity index (χ2v) is 11.1. The second kappa shape index (κ2) is 13.4. The average molecular weight is 627 g/mol. The molecule has 3 heterocycles.